The Hall–Kier alpha value is -1.91. The van der Waals surface area contributed by atoms with Gasteiger partial charge in [-0.25, -0.2) is 0 Å². The molecule has 4 atom stereocenters. The van der Waals surface area contributed by atoms with Crippen molar-refractivity contribution < 1.29 is 14.3 Å². The summed E-state index contributed by atoms with van der Waals surface area (Å²) in [6.07, 6.45) is 3.31. The van der Waals surface area contributed by atoms with Crippen LogP contribution >= 0.6 is 0 Å². The first-order valence-electron chi connectivity index (χ1n) is 8.50. The van der Waals surface area contributed by atoms with Crippen molar-refractivity contribution in [2.24, 2.45) is 16.5 Å². The average molecular weight is 331 g/mol. The van der Waals surface area contributed by atoms with Crippen LogP contribution in [0.15, 0.2) is 23.4 Å². The third-order valence-electron chi connectivity index (χ3n) is 6.40. The lowest BCUT2D eigenvalue weighted by atomic mass is 9.49. The summed E-state index contributed by atoms with van der Waals surface area (Å²) < 4.78 is 10.5. The Morgan fingerprint density at radius 3 is 2.62 bits per heavy atom. The van der Waals surface area contributed by atoms with Crippen LogP contribution in [-0.4, -0.2) is 20.2 Å². The fourth-order valence-electron chi connectivity index (χ4n) is 5.09. The van der Waals surface area contributed by atoms with E-state index in [0.717, 1.165) is 36.1 Å². The molecule has 0 saturated heterocycles. The number of ether oxygens (including phenoxy) is 2. The zero-order valence-corrected chi connectivity index (χ0v) is 14.8. The molecule has 3 rings (SSSR count). The summed E-state index contributed by atoms with van der Waals surface area (Å²) in [5.74, 6) is 0.605. The number of hydrogen-bond acceptors (Lipinski definition) is 5. The minimum Gasteiger partial charge on any atom is -0.497 e. The van der Waals surface area contributed by atoms with Crippen LogP contribution in [0.25, 0.3) is 0 Å². The van der Waals surface area contributed by atoms with Gasteiger partial charge in [0.2, 0.25) is 0 Å². The SMILES string of the molecule is COC(=O)[C@@]1(C)CCC[C@]2(C)c3cc(OC)ccc3C(N=O)C[C@@H]12. The van der Waals surface area contributed by atoms with Crippen molar-refractivity contribution in [2.75, 3.05) is 14.2 Å². The Morgan fingerprint density at radius 2 is 2.00 bits per heavy atom. The average Bonchev–Trinajstić information content (AvgIpc) is 2.60. The second-order valence-electron chi connectivity index (χ2n) is 7.54. The number of benzene rings is 1. The van der Waals surface area contributed by atoms with Gasteiger partial charge in [0.25, 0.3) is 0 Å². The molecule has 24 heavy (non-hydrogen) atoms. The number of carbonyl (C=O) groups is 1. The van der Waals surface area contributed by atoms with E-state index in [1.165, 1.54) is 7.11 Å². The van der Waals surface area contributed by atoms with E-state index in [2.05, 4.69) is 12.1 Å². The fourth-order valence-corrected chi connectivity index (χ4v) is 5.09. The highest BCUT2D eigenvalue weighted by Crippen LogP contribution is 2.60. The smallest absolute Gasteiger partial charge is 0.311 e. The molecule has 0 aromatic heterocycles. The molecule has 2 aliphatic carbocycles. The molecule has 2 aliphatic rings. The fraction of sp³-hybridized carbons (Fsp3) is 0.632. The van der Waals surface area contributed by atoms with Gasteiger partial charge in [0.05, 0.1) is 19.6 Å². The van der Waals surface area contributed by atoms with Crippen molar-refractivity contribution in [3.05, 3.63) is 34.2 Å². The first-order chi connectivity index (χ1) is 11.4. The molecular weight excluding hydrogens is 306 g/mol. The topological polar surface area (TPSA) is 65.0 Å². The van der Waals surface area contributed by atoms with E-state index >= 15 is 0 Å². The van der Waals surface area contributed by atoms with Crippen LogP contribution in [0.1, 0.15) is 56.7 Å². The van der Waals surface area contributed by atoms with Gasteiger partial charge in [0.15, 0.2) is 0 Å². The first-order valence-corrected chi connectivity index (χ1v) is 8.50. The molecule has 0 N–H and O–H groups in total. The van der Waals surface area contributed by atoms with Crippen molar-refractivity contribution in [1.82, 2.24) is 0 Å². The molecule has 0 heterocycles. The van der Waals surface area contributed by atoms with Crippen molar-refractivity contribution in [2.45, 2.75) is 51.0 Å². The minimum absolute atomic E-state index is 0.0218. The molecule has 1 aromatic rings. The largest absolute Gasteiger partial charge is 0.497 e. The predicted octanol–water partition coefficient (Wildman–Crippen LogP) is 4.14. The van der Waals surface area contributed by atoms with Gasteiger partial charge < -0.3 is 9.47 Å². The number of fused-ring (bicyclic) bond motifs is 3. The lowest BCUT2D eigenvalue weighted by molar-refractivity contribution is -0.161. The van der Waals surface area contributed by atoms with E-state index in [4.69, 9.17) is 9.47 Å². The van der Waals surface area contributed by atoms with Gasteiger partial charge in [-0.05, 0) is 60.8 Å². The maximum absolute atomic E-state index is 12.6. The summed E-state index contributed by atoms with van der Waals surface area (Å²) in [4.78, 5) is 24.1. The molecule has 0 bridgehead atoms. The third-order valence-corrected chi connectivity index (χ3v) is 6.40. The second-order valence-corrected chi connectivity index (χ2v) is 7.54. The Labute approximate surface area is 142 Å². The first kappa shape index (κ1) is 16.9. The van der Waals surface area contributed by atoms with E-state index in [1.807, 2.05) is 25.1 Å². The third kappa shape index (κ3) is 2.25. The zero-order chi connectivity index (χ0) is 17.5. The summed E-state index contributed by atoms with van der Waals surface area (Å²) in [7, 11) is 3.08. The van der Waals surface area contributed by atoms with Crippen LogP contribution < -0.4 is 4.74 Å². The Balaban J connectivity index is 2.18. The monoisotopic (exact) mass is 331 g/mol. The van der Waals surface area contributed by atoms with Gasteiger partial charge in [-0.3, -0.25) is 4.79 Å². The summed E-state index contributed by atoms with van der Waals surface area (Å²) in [6.45, 7) is 4.19. The number of rotatable bonds is 3. The lowest BCUT2D eigenvalue weighted by Crippen LogP contribution is -2.53. The number of nitroso groups, excluding NO2 is 1. The molecule has 1 unspecified atom stereocenters. The molecule has 0 amide bonds. The standard InChI is InChI=1S/C19H25NO4/c1-18-8-5-9-19(2,17(21)24-4)16(18)11-15(20-22)13-7-6-12(23-3)10-14(13)18/h6-7,10,15-16H,5,8-9,11H2,1-4H3/t15?,16-,18-,19+/m1/s1. The van der Waals surface area contributed by atoms with Crippen LogP contribution in [0.3, 0.4) is 0 Å². The molecule has 1 saturated carbocycles. The molecular formula is C19H25NO4. The molecule has 0 radical (unpaired) electrons. The van der Waals surface area contributed by atoms with Crippen LogP contribution in [-0.2, 0) is 14.9 Å². The van der Waals surface area contributed by atoms with E-state index in [9.17, 15) is 9.70 Å². The Bertz CT molecular complexity index is 673. The van der Waals surface area contributed by atoms with Crippen molar-refractivity contribution in [3.8, 4) is 5.75 Å². The van der Waals surface area contributed by atoms with Crippen LogP contribution in [0, 0.1) is 16.2 Å². The summed E-state index contributed by atoms with van der Waals surface area (Å²) >= 11 is 0. The highest BCUT2D eigenvalue weighted by atomic mass is 16.5. The maximum atomic E-state index is 12.6. The number of nitrogens with zero attached hydrogens (tertiary/aromatic N) is 1. The van der Waals surface area contributed by atoms with E-state index in [1.54, 1.807) is 7.11 Å². The van der Waals surface area contributed by atoms with Gasteiger partial charge in [-0.15, -0.1) is 0 Å². The highest BCUT2D eigenvalue weighted by molar-refractivity contribution is 5.77. The van der Waals surface area contributed by atoms with Crippen molar-refractivity contribution >= 4 is 5.97 Å². The molecule has 0 aliphatic heterocycles. The van der Waals surface area contributed by atoms with Crippen LogP contribution in [0.5, 0.6) is 5.75 Å². The number of hydrogen-bond donors (Lipinski definition) is 0. The zero-order valence-electron chi connectivity index (χ0n) is 14.8. The van der Waals surface area contributed by atoms with E-state index in [-0.39, 0.29) is 17.3 Å². The molecule has 0 spiro atoms. The molecule has 130 valence electrons. The predicted molar refractivity (Wildman–Crippen MR) is 91.0 cm³/mol. The molecule has 5 heteroatoms. The van der Waals surface area contributed by atoms with Gasteiger partial charge in [-0.1, -0.05) is 24.6 Å². The second kappa shape index (κ2) is 5.87. The van der Waals surface area contributed by atoms with Crippen LogP contribution in [0.4, 0.5) is 0 Å². The number of carbonyl (C=O) groups excluding carboxylic acids is 1. The summed E-state index contributed by atoms with van der Waals surface area (Å²) in [5.41, 5.74) is 1.29. The van der Waals surface area contributed by atoms with Gasteiger partial charge >= 0.3 is 5.97 Å². The summed E-state index contributed by atoms with van der Waals surface area (Å²) in [5, 5.41) is 3.37. The minimum atomic E-state index is -0.592. The van der Waals surface area contributed by atoms with E-state index < -0.39 is 11.5 Å². The maximum Gasteiger partial charge on any atom is 0.311 e. The molecule has 1 aromatic carbocycles. The number of methoxy groups -OCH3 is 2. The lowest BCUT2D eigenvalue weighted by Gasteiger charge is -2.54. The van der Waals surface area contributed by atoms with E-state index in [0.29, 0.717) is 6.42 Å². The quantitative estimate of drug-likeness (QED) is 0.616. The Kier molecular flexibility index (Phi) is 4.14. The van der Waals surface area contributed by atoms with Crippen molar-refractivity contribution in [3.63, 3.8) is 0 Å². The van der Waals surface area contributed by atoms with Crippen molar-refractivity contribution in [1.29, 1.82) is 0 Å². The molecule has 5 nitrogen and oxygen atoms in total. The summed E-state index contributed by atoms with van der Waals surface area (Å²) in [6, 6.07) is 5.42. The number of esters is 1. The van der Waals surface area contributed by atoms with Gasteiger partial charge in [0, 0.05) is 0 Å². The van der Waals surface area contributed by atoms with Gasteiger partial charge in [-0.2, -0.15) is 4.91 Å². The van der Waals surface area contributed by atoms with Crippen LogP contribution in [0.2, 0.25) is 0 Å². The Morgan fingerprint density at radius 1 is 1.25 bits per heavy atom. The van der Waals surface area contributed by atoms with Gasteiger partial charge in [0.1, 0.15) is 11.8 Å². The highest BCUT2D eigenvalue weighted by Gasteiger charge is 2.57. The normalized spacial score (nSPS) is 34.7. The molecule has 1 fully saturated rings.